The Morgan fingerprint density at radius 2 is 2.15 bits per heavy atom. The molecule has 0 unspecified atom stereocenters. The number of nitrogen functional groups attached to an aromatic ring is 2. The predicted octanol–water partition coefficient (Wildman–Crippen LogP) is -0.704. The number of anilines is 2. The van der Waals surface area contributed by atoms with Crippen molar-refractivity contribution < 1.29 is 14.6 Å². The Labute approximate surface area is 117 Å². The van der Waals surface area contributed by atoms with Crippen LogP contribution < -0.4 is 11.5 Å². The molecule has 0 spiro atoms. The van der Waals surface area contributed by atoms with E-state index < -0.39 is 22.9 Å². The van der Waals surface area contributed by atoms with Gasteiger partial charge in [0.15, 0.2) is 17.6 Å². The first kappa shape index (κ1) is 13.3. The van der Waals surface area contributed by atoms with Crippen LogP contribution in [0.1, 0.15) is 5.37 Å². The standard InChI is InChI=1S/C10H13FN6O2S/c11-4-6(19)3(1-18)20-9(4)17-2-14-5-7(12)15-10(13)16-8(5)17/h2-4,6,9,18-19H,1H2,(H4,12,13,15,16)/t3-,4+,6-,9+/m1/s1. The molecule has 108 valence electrons. The SMILES string of the molecule is Nc1nc(N)c2ncn([C@H]3S[C@H](CO)[C@@H](O)[C@@H]3F)c2n1. The maximum atomic E-state index is 14.2. The first-order valence-corrected chi connectivity index (χ1v) is 6.81. The van der Waals surface area contributed by atoms with Crippen LogP contribution in [0.15, 0.2) is 6.33 Å². The highest BCUT2D eigenvalue weighted by Crippen LogP contribution is 2.44. The summed E-state index contributed by atoms with van der Waals surface area (Å²) in [6.07, 6.45) is -1.41. The molecule has 1 saturated heterocycles. The number of thioether (sulfide) groups is 1. The van der Waals surface area contributed by atoms with Gasteiger partial charge in [0.1, 0.15) is 17.0 Å². The summed E-state index contributed by atoms with van der Waals surface area (Å²) >= 11 is 1.12. The molecule has 0 aromatic carbocycles. The second kappa shape index (κ2) is 4.72. The number of imidazole rings is 1. The number of aliphatic hydroxyl groups excluding tert-OH is 2. The lowest BCUT2D eigenvalue weighted by molar-refractivity contribution is 0.0642. The van der Waals surface area contributed by atoms with Crippen LogP contribution in [0.5, 0.6) is 0 Å². The van der Waals surface area contributed by atoms with Crippen molar-refractivity contribution in [3.8, 4) is 0 Å². The maximum Gasteiger partial charge on any atom is 0.224 e. The van der Waals surface area contributed by atoms with E-state index in [9.17, 15) is 9.50 Å². The quantitative estimate of drug-likeness (QED) is 0.571. The van der Waals surface area contributed by atoms with Crippen molar-refractivity contribution in [2.45, 2.75) is 22.9 Å². The zero-order valence-corrected chi connectivity index (χ0v) is 11.0. The van der Waals surface area contributed by atoms with Crippen molar-refractivity contribution in [3.63, 3.8) is 0 Å². The van der Waals surface area contributed by atoms with Gasteiger partial charge >= 0.3 is 0 Å². The molecule has 1 aliphatic heterocycles. The number of hydrogen-bond donors (Lipinski definition) is 4. The number of rotatable bonds is 2. The summed E-state index contributed by atoms with van der Waals surface area (Å²) in [5.41, 5.74) is 11.9. The number of fused-ring (bicyclic) bond motifs is 1. The smallest absolute Gasteiger partial charge is 0.224 e. The third-order valence-corrected chi connectivity index (χ3v) is 4.76. The molecule has 8 nitrogen and oxygen atoms in total. The summed E-state index contributed by atoms with van der Waals surface area (Å²) in [6.45, 7) is -0.311. The van der Waals surface area contributed by atoms with Crippen LogP contribution in [0.3, 0.4) is 0 Å². The van der Waals surface area contributed by atoms with Gasteiger partial charge in [0.25, 0.3) is 0 Å². The third kappa shape index (κ3) is 1.87. The highest BCUT2D eigenvalue weighted by Gasteiger charge is 2.45. The summed E-state index contributed by atoms with van der Waals surface area (Å²) in [6, 6.07) is 0. The normalized spacial score (nSPS) is 30.1. The number of aliphatic hydroxyl groups is 2. The molecule has 0 aliphatic carbocycles. The summed E-state index contributed by atoms with van der Waals surface area (Å²) in [5.74, 6) is 0.0818. The molecule has 1 fully saturated rings. The van der Waals surface area contributed by atoms with Crippen molar-refractivity contribution in [2.24, 2.45) is 0 Å². The van der Waals surface area contributed by atoms with E-state index in [1.165, 1.54) is 10.9 Å². The van der Waals surface area contributed by atoms with Gasteiger partial charge in [0.05, 0.1) is 18.2 Å². The van der Waals surface area contributed by atoms with Crippen LogP contribution in [0.2, 0.25) is 0 Å². The van der Waals surface area contributed by atoms with Gasteiger partial charge in [-0.2, -0.15) is 9.97 Å². The number of aromatic nitrogens is 4. The van der Waals surface area contributed by atoms with Crippen LogP contribution in [-0.2, 0) is 0 Å². The molecule has 2 aromatic rings. The van der Waals surface area contributed by atoms with Gasteiger partial charge < -0.3 is 21.7 Å². The van der Waals surface area contributed by atoms with E-state index in [1.807, 2.05) is 0 Å². The zero-order chi connectivity index (χ0) is 14.4. The Hall–Kier alpha value is -1.65. The summed E-state index contributed by atoms with van der Waals surface area (Å²) in [7, 11) is 0. The van der Waals surface area contributed by atoms with Crippen molar-refractivity contribution in [1.82, 2.24) is 19.5 Å². The Morgan fingerprint density at radius 1 is 1.40 bits per heavy atom. The molecule has 3 heterocycles. The Balaban J connectivity index is 2.07. The van der Waals surface area contributed by atoms with Crippen LogP contribution in [-0.4, -0.2) is 53.9 Å². The predicted molar refractivity (Wildman–Crippen MR) is 72.6 cm³/mol. The zero-order valence-electron chi connectivity index (χ0n) is 10.2. The Morgan fingerprint density at radius 3 is 2.80 bits per heavy atom. The van der Waals surface area contributed by atoms with Crippen LogP contribution in [0.25, 0.3) is 11.2 Å². The summed E-state index contributed by atoms with van der Waals surface area (Å²) in [5, 5.41) is 17.5. The molecule has 6 N–H and O–H groups in total. The first-order valence-electron chi connectivity index (χ1n) is 5.87. The molecule has 3 rings (SSSR count). The van der Waals surface area contributed by atoms with Gasteiger partial charge in [-0.05, 0) is 0 Å². The van der Waals surface area contributed by atoms with Crippen LogP contribution in [0.4, 0.5) is 16.2 Å². The molecule has 0 radical (unpaired) electrons. The molecule has 1 aliphatic rings. The summed E-state index contributed by atoms with van der Waals surface area (Å²) in [4.78, 5) is 11.8. The van der Waals surface area contributed by atoms with Gasteiger partial charge in [-0.1, -0.05) is 0 Å². The number of nitrogens with two attached hydrogens (primary N) is 2. The van der Waals surface area contributed by atoms with E-state index in [-0.39, 0.29) is 18.4 Å². The summed E-state index contributed by atoms with van der Waals surface area (Å²) < 4.78 is 15.6. The second-order valence-corrected chi connectivity index (χ2v) is 5.83. The number of halogens is 1. The van der Waals surface area contributed by atoms with Crippen molar-refractivity contribution in [3.05, 3.63) is 6.33 Å². The third-order valence-electron chi connectivity index (χ3n) is 3.21. The van der Waals surface area contributed by atoms with Gasteiger partial charge in [-0.25, -0.2) is 9.37 Å². The van der Waals surface area contributed by atoms with E-state index >= 15 is 0 Å². The van der Waals surface area contributed by atoms with E-state index in [0.29, 0.717) is 11.2 Å². The highest BCUT2D eigenvalue weighted by atomic mass is 32.2. The number of alkyl halides is 1. The fourth-order valence-electron chi connectivity index (χ4n) is 2.22. The molecular weight excluding hydrogens is 287 g/mol. The lowest BCUT2D eigenvalue weighted by atomic mass is 10.1. The van der Waals surface area contributed by atoms with Crippen molar-refractivity contribution in [1.29, 1.82) is 0 Å². The van der Waals surface area contributed by atoms with Crippen molar-refractivity contribution >= 4 is 34.7 Å². The van der Waals surface area contributed by atoms with E-state index in [2.05, 4.69) is 15.0 Å². The minimum Gasteiger partial charge on any atom is -0.395 e. The molecule has 0 saturated carbocycles. The van der Waals surface area contributed by atoms with Gasteiger partial charge in [0, 0.05) is 0 Å². The van der Waals surface area contributed by atoms with Gasteiger partial charge in [0.2, 0.25) is 5.95 Å². The maximum absolute atomic E-state index is 14.2. The Bertz CT molecular complexity index is 652. The largest absolute Gasteiger partial charge is 0.395 e. The molecule has 2 aromatic heterocycles. The fourth-order valence-corrected chi connectivity index (χ4v) is 3.57. The molecule has 0 amide bonds. The monoisotopic (exact) mass is 300 g/mol. The molecular formula is C10H13FN6O2S. The molecule has 10 heteroatoms. The first-order chi connectivity index (χ1) is 9.52. The number of nitrogens with zero attached hydrogens (tertiary/aromatic N) is 4. The number of hydrogen-bond acceptors (Lipinski definition) is 8. The highest BCUT2D eigenvalue weighted by molar-refractivity contribution is 8.00. The van der Waals surface area contributed by atoms with E-state index in [4.69, 9.17) is 16.6 Å². The van der Waals surface area contributed by atoms with E-state index in [1.54, 1.807) is 0 Å². The average molecular weight is 300 g/mol. The van der Waals surface area contributed by atoms with Crippen LogP contribution in [0, 0.1) is 0 Å². The van der Waals surface area contributed by atoms with E-state index in [0.717, 1.165) is 11.8 Å². The molecule has 20 heavy (non-hydrogen) atoms. The molecule has 4 atom stereocenters. The minimum absolute atomic E-state index is 0.0330. The lowest BCUT2D eigenvalue weighted by Gasteiger charge is -2.15. The minimum atomic E-state index is -1.55. The Kier molecular flexibility index (Phi) is 3.15. The van der Waals surface area contributed by atoms with Crippen molar-refractivity contribution in [2.75, 3.05) is 18.1 Å². The fraction of sp³-hybridized carbons (Fsp3) is 0.500. The topological polar surface area (TPSA) is 136 Å². The van der Waals surface area contributed by atoms with Crippen LogP contribution >= 0.6 is 11.8 Å². The average Bonchev–Trinajstić information content (AvgIpc) is 2.93. The van der Waals surface area contributed by atoms with Gasteiger partial charge in [-0.3, -0.25) is 4.57 Å². The molecule has 0 bridgehead atoms. The lowest BCUT2D eigenvalue weighted by Crippen LogP contribution is -2.29. The second-order valence-electron chi connectivity index (χ2n) is 4.47. The van der Waals surface area contributed by atoms with Gasteiger partial charge in [-0.15, -0.1) is 11.8 Å².